The Balaban J connectivity index is 3.41. The van der Waals surface area contributed by atoms with Crippen LogP contribution in [0.5, 0.6) is 0 Å². The van der Waals surface area contributed by atoms with E-state index < -0.39 is 12.0 Å². The van der Waals surface area contributed by atoms with Crippen molar-refractivity contribution in [3.8, 4) is 0 Å². The molecule has 1 amide bonds. The van der Waals surface area contributed by atoms with Gasteiger partial charge in [0.25, 0.3) is 5.91 Å². The number of hydrogen-bond donors (Lipinski definition) is 3. The van der Waals surface area contributed by atoms with E-state index >= 15 is 0 Å². The third-order valence-corrected chi connectivity index (χ3v) is 1.28. The number of carbonyl (C=O) groups is 1. The van der Waals surface area contributed by atoms with Crippen LogP contribution in [0.15, 0.2) is 0 Å². The average Bonchev–Trinajstić information content (AvgIpc) is 1.98. The van der Waals surface area contributed by atoms with Gasteiger partial charge in [-0.1, -0.05) is 19.8 Å². The lowest BCUT2D eigenvalue weighted by molar-refractivity contribution is -0.129. The zero-order valence-electron chi connectivity index (χ0n) is 6.13. The highest BCUT2D eigenvalue weighted by Gasteiger charge is 2.11. The van der Waals surface area contributed by atoms with Crippen LogP contribution in [0, 0.1) is 0 Å². The largest absolute Gasteiger partial charge is 0.383 e. The quantitative estimate of drug-likeness (QED) is 0.285. The minimum atomic E-state index is -0.940. The first-order valence-corrected chi connectivity index (χ1v) is 3.41. The molecule has 0 bridgehead atoms. The van der Waals surface area contributed by atoms with Crippen LogP contribution in [0.1, 0.15) is 26.2 Å². The second-order valence-electron chi connectivity index (χ2n) is 2.17. The molecule has 1 unspecified atom stereocenters. The number of carbonyl (C=O) groups excluding carboxylic acids is 1. The number of hydrazine groups is 1. The summed E-state index contributed by atoms with van der Waals surface area (Å²) < 4.78 is 0. The van der Waals surface area contributed by atoms with E-state index in [9.17, 15) is 4.79 Å². The first-order chi connectivity index (χ1) is 4.72. The van der Waals surface area contributed by atoms with Gasteiger partial charge in [0.05, 0.1) is 0 Å². The SMILES string of the molecule is CCCCC(O)C(=O)NN. The van der Waals surface area contributed by atoms with Gasteiger partial charge in [0.1, 0.15) is 6.10 Å². The molecule has 4 nitrogen and oxygen atoms in total. The fraction of sp³-hybridized carbons (Fsp3) is 0.833. The molecule has 0 spiro atoms. The lowest BCUT2D eigenvalue weighted by Crippen LogP contribution is -2.38. The molecule has 0 aliphatic rings. The molecule has 0 aliphatic carbocycles. The number of rotatable bonds is 4. The van der Waals surface area contributed by atoms with Crippen LogP contribution >= 0.6 is 0 Å². The molecule has 4 heteroatoms. The van der Waals surface area contributed by atoms with Crippen molar-refractivity contribution in [2.45, 2.75) is 32.3 Å². The summed E-state index contributed by atoms with van der Waals surface area (Å²) >= 11 is 0. The molecule has 0 aliphatic heterocycles. The van der Waals surface area contributed by atoms with Crippen LogP contribution in [0.2, 0.25) is 0 Å². The van der Waals surface area contributed by atoms with Crippen LogP contribution in [0.3, 0.4) is 0 Å². The minimum Gasteiger partial charge on any atom is -0.383 e. The van der Waals surface area contributed by atoms with Gasteiger partial charge >= 0.3 is 0 Å². The number of amides is 1. The van der Waals surface area contributed by atoms with Crippen molar-refractivity contribution in [1.29, 1.82) is 0 Å². The van der Waals surface area contributed by atoms with Crippen molar-refractivity contribution >= 4 is 5.91 Å². The number of aliphatic hydroxyl groups excluding tert-OH is 1. The number of aliphatic hydroxyl groups is 1. The number of nitrogens with two attached hydrogens (primary N) is 1. The third kappa shape index (κ3) is 3.42. The Labute approximate surface area is 60.4 Å². The maximum absolute atomic E-state index is 10.5. The molecule has 1 atom stereocenters. The second-order valence-corrected chi connectivity index (χ2v) is 2.17. The van der Waals surface area contributed by atoms with Crippen molar-refractivity contribution in [1.82, 2.24) is 5.43 Å². The Morgan fingerprint density at radius 2 is 2.40 bits per heavy atom. The molecule has 0 aromatic rings. The molecule has 4 N–H and O–H groups in total. The summed E-state index contributed by atoms with van der Waals surface area (Å²) in [7, 11) is 0. The highest BCUT2D eigenvalue weighted by Crippen LogP contribution is 1.98. The molecule has 0 saturated heterocycles. The van der Waals surface area contributed by atoms with E-state index in [1.54, 1.807) is 0 Å². The zero-order chi connectivity index (χ0) is 7.98. The lowest BCUT2D eigenvalue weighted by Gasteiger charge is -2.06. The highest BCUT2D eigenvalue weighted by atomic mass is 16.3. The summed E-state index contributed by atoms with van der Waals surface area (Å²) in [6.07, 6.45) is 1.35. The summed E-state index contributed by atoms with van der Waals surface area (Å²) in [5.41, 5.74) is 1.88. The molecule has 0 rings (SSSR count). The molecule has 0 radical (unpaired) electrons. The smallest absolute Gasteiger partial charge is 0.262 e. The fourth-order valence-corrected chi connectivity index (χ4v) is 0.625. The van der Waals surface area contributed by atoms with Gasteiger partial charge in [0.15, 0.2) is 0 Å². The van der Waals surface area contributed by atoms with Crippen LogP contribution in [0.25, 0.3) is 0 Å². The highest BCUT2D eigenvalue weighted by molar-refractivity contribution is 5.79. The molecular formula is C6H14N2O2. The average molecular weight is 146 g/mol. The molecule has 60 valence electrons. The van der Waals surface area contributed by atoms with Gasteiger partial charge < -0.3 is 5.11 Å². The normalized spacial score (nSPS) is 12.7. The summed E-state index contributed by atoms with van der Waals surface area (Å²) in [6, 6.07) is 0. The predicted octanol–water partition coefficient (Wildman–Crippen LogP) is -0.473. The molecule has 0 heterocycles. The van der Waals surface area contributed by atoms with E-state index in [0.29, 0.717) is 6.42 Å². The molecule has 0 saturated carbocycles. The van der Waals surface area contributed by atoms with Crippen molar-refractivity contribution in [2.24, 2.45) is 5.84 Å². The van der Waals surface area contributed by atoms with Gasteiger partial charge in [-0.2, -0.15) is 0 Å². The molecule has 0 fully saturated rings. The van der Waals surface area contributed by atoms with Gasteiger partial charge in [0, 0.05) is 0 Å². The Morgan fingerprint density at radius 3 is 2.80 bits per heavy atom. The monoisotopic (exact) mass is 146 g/mol. The van der Waals surface area contributed by atoms with Gasteiger partial charge in [-0.25, -0.2) is 5.84 Å². The summed E-state index contributed by atoms with van der Waals surface area (Å²) in [5.74, 6) is 4.28. The van der Waals surface area contributed by atoms with Gasteiger partial charge in [-0.05, 0) is 6.42 Å². The lowest BCUT2D eigenvalue weighted by atomic mass is 10.1. The Morgan fingerprint density at radius 1 is 1.80 bits per heavy atom. The standard InChI is InChI=1S/C6H14N2O2/c1-2-3-4-5(9)6(10)8-7/h5,9H,2-4,7H2,1H3,(H,8,10). The predicted molar refractivity (Wildman–Crippen MR) is 37.9 cm³/mol. The fourth-order valence-electron chi connectivity index (χ4n) is 0.625. The van der Waals surface area contributed by atoms with E-state index in [4.69, 9.17) is 10.9 Å². The maximum Gasteiger partial charge on any atom is 0.262 e. The number of nitrogens with one attached hydrogen (secondary N) is 1. The molecule has 0 aromatic heterocycles. The molecule has 0 aromatic carbocycles. The van der Waals surface area contributed by atoms with E-state index in [-0.39, 0.29) is 0 Å². The topological polar surface area (TPSA) is 75.3 Å². The second kappa shape index (κ2) is 5.20. The van der Waals surface area contributed by atoms with E-state index in [1.807, 2.05) is 12.3 Å². The van der Waals surface area contributed by atoms with E-state index in [0.717, 1.165) is 12.8 Å². The zero-order valence-corrected chi connectivity index (χ0v) is 6.13. The van der Waals surface area contributed by atoms with Crippen molar-refractivity contribution < 1.29 is 9.90 Å². The summed E-state index contributed by atoms with van der Waals surface area (Å²) in [4.78, 5) is 10.5. The number of unbranched alkanes of at least 4 members (excludes halogenated alkanes) is 1. The summed E-state index contributed by atoms with van der Waals surface area (Å²) in [6.45, 7) is 1.99. The van der Waals surface area contributed by atoms with Crippen LogP contribution in [-0.2, 0) is 4.79 Å². The molecular weight excluding hydrogens is 132 g/mol. The van der Waals surface area contributed by atoms with Crippen LogP contribution in [0.4, 0.5) is 0 Å². The van der Waals surface area contributed by atoms with Crippen LogP contribution < -0.4 is 11.3 Å². The van der Waals surface area contributed by atoms with E-state index in [1.165, 1.54) is 0 Å². The Hall–Kier alpha value is -0.610. The molecule has 10 heavy (non-hydrogen) atoms. The maximum atomic E-state index is 10.5. The van der Waals surface area contributed by atoms with Gasteiger partial charge in [-0.3, -0.25) is 10.2 Å². The Kier molecular flexibility index (Phi) is 4.88. The first-order valence-electron chi connectivity index (χ1n) is 3.41. The van der Waals surface area contributed by atoms with Crippen molar-refractivity contribution in [3.63, 3.8) is 0 Å². The first kappa shape index (κ1) is 9.39. The minimum absolute atomic E-state index is 0.486. The number of hydrogen-bond acceptors (Lipinski definition) is 3. The van der Waals surface area contributed by atoms with Crippen molar-refractivity contribution in [3.05, 3.63) is 0 Å². The van der Waals surface area contributed by atoms with Gasteiger partial charge in [0.2, 0.25) is 0 Å². The van der Waals surface area contributed by atoms with Crippen LogP contribution in [-0.4, -0.2) is 17.1 Å². The van der Waals surface area contributed by atoms with E-state index in [2.05, 4.69) is 0 Å². The van der Waals surface area contributed by atoms with Gasteiger partial charge in [-0.15, -0.1) is 0 Å². The van der Waals surface area contributed by atoms with Crippen molar-refractivity contribution in [2.75, 3.05) is 0 Å². The Bertz CT molecular complexity index is 106. The summed E-state index contributed by atoms with van der Waals surface area (Å²) in [5, 5.41) is 8.96. The third-order valence-electron chi connectivity index (χ3n) is 1.28.